The maximum Gasteiger partial charge on any atom is 0.137 e. The van der Waals surface area contributed by atoms with Crippen LogP contribution in [0, 0.1) is 0 Å². The quantitative estimate of drug-likeness (QED) is 0.549. The van der Waals surface area contributed by atoms with Gasteiger partial charge in [0, 0.05) is 20.8 Å². The van der Waals surface area contributed by atoms with E-state index in [0.29, 0.717) is 13.2 Å². The van der Waals surface area contributed by atoms with E-state index in [4.69, 9.17) is 14.2 Å². The van der Waals surface area contributed by atoms with Crippen molar-refractivity contribution >= 4 is 6.29 Å². The van der Waals surface area contributed by atoms with Gasteiger partial charge in [0.2, 0.25) is 0 Å². The van der Waals surface area contributed by atoms with Gasteiger partial charge in [0.25, 0.3) is 0 Å². The van der Waals surface area contributed by atoms with E-state index in [1.54, 1.807) is 21.3 Å². The Morgan fingerprint density at radius 1 is 1.17 bits per heavy atom. The van der Waals surface area contributed by atoms with Crippen LogP contribution in [0.1, 0.15) is 38.3 Å². The Kier molecular flexibility index (Phi) is 9.60. The van der Waals surface area contributed by atoms with Gasteiger partial charge in [0.15, 0.2) is 0 Å². The van der Waals surface area contributed by atoms with Crippen LogP contribution in [0.3, 0.4) is 0 Å². The summed E-state index contributed by atoms with van der Waals surface area (Å²) in [6.45, 7) is 5.36. The van der Waals surface area contributed by atoms with E-state index in [1.807, 2.05) is 31.2 Å². The number of aldehydes is 1. The molecule has 136 valence electrons. The highest BCUT2D eigenvalue weighted by molar-refractivity contribution is 5.57. The zero-order valence-electron chi connectivity index (χ0n) is 15.5. The zero-order valence-corrected chi connectivity index (χ0v) is 15.5. The molecule has 0 heterocycles. The number of carbonyl (C=O) groups is 1. The minimum Gasteiger partial charge on any atom is -0.497 e. The molecular weight excluding hydrogens is 306 g/mol. The molecule has 1 rings (SSSR count). The average molecular weight is 337 g/mol. The third-order valence-corrected chi connectivity index (χ3v) is 4.35. The van der Waals surface area contributed by atoms with Crippen LogP contribution in [-0.4, -0.2) is 57.8 Å². The van der Waals surface area contributed by atoms with E-state index in [-0.39, 0.29) is 18.2 Å². The standard InChI is InChI=1S/C19H31NO4/c1-6-7-17(14-21)20(12-13-22-3)19(15(2)23-4)16-8-10-18(24-5)11-9-16/h8-11,14-15,17,19H,6-7,12-13H2,1-5H3. The Morgan fingerprint density at radius 2 is 1.83 bits per heavy atom. The van der Waals surface area contributed by atoms with E-state index >= 15 is 0 Å². The fourth-order valence-electron chi connectivity index (χ4n) is 2.98. The molecule has 5 nitrogen and oxygen atoms in total. The summed E-state index contributed by atoms with van der Waals surface area (Å²) in [7, 11) is 5.03. The van der Waals surface area contributed by atoms with Crippen LogP contribution in [-0.2, 0) is 14.3 Å². The predicted molar refractivity (Wildman–Crippen MR) is 95.5 cm³/mol. The highest BCUT2D eigenvalue weighted by atomic mass is 16.5. The first-order valence-electron chi connectivity index (χ1n) is 8.49. The summed E-state index contributed by atoms with van der Waals surface area (Å²) in [6, 6.07) is 7.76. The molecule has 0 radical (unpaired) electrons. The van der Waals surface area contributed by atoms with E-state index in [0.717, 1.165) is 30.4 Å². The molecule has 3 unspecified atom stereocenters. The van der Waals surface area contributed by atoms with Crippen LogP contribution < -0.4 is 4.74 Å². The number of hydrogen-bond donors (Lipinski definition) is 0. The SMILES string of the molecule is CCCC(C=O)N(CCOC)C(c1ccc(OC)cc1)C(C)OC. The highest BCUT2D eigenvalue weighted by Crippen LogP contribution is 2.30. The minimum atomic E-state index is -0.158. The summed E-state index contributed by atoms with van der Waals surface area (Å²) in [5.74, 6) is 0.812. The average Bonchev–Trinajstić information content (AvgIpc) is 2.63. The molecule has 0 N–H and O–H groups in total. The van der Waals surface area contributed by atoms with Crippen LogP contribution in [0.25, 0.3) is 0 Å². The monoisotopic (exact) mass is 337 g/mol. The molecule has 1 aromatic carbocycles. The first-order chi connectivity index (χ1) is 11.6. The van der Waals surface area contributed by atoms with Crippen molar-refractivity contribution < 1.29 is 19.0 Å². The van der Waals surface area contributed by atoms with Crippen molar-refractivity contribution in [3.8, 4) is 5.75 Å². The fourth-order valence-corrected chi connectivity index (χ4v) is 2.98. The predicted octanol–water partition coefficient (Wildman–Crippen LogP) is 3.09. The summed E-state index contributed by atoms with van der Waals surface area (Å²) in [4.78, 5) is 13.9. The lowest BCUT2D eigenvalue weighted by Crippen LogP contribution is -2.45. The second kappa shape index (κ2) is 11.2. The molecule has 0 fully saturated rings. The summed E-state index contributed by atoms with van der Waals surface area (Å²) in [5, 5.41) is 0. The molecule has 0 aliphatic heterocycles. The Morgan fingerprint density at radius 3 is 2.29 bits per heavy atom. The first kappa shape index (κ1) is 20.6. The molecule has 3 atom stereocenters. The lowest BCUT2D eigenvalue weighted by atomic mass is 9.97. The van der Waals surface area contributed by atoms with E-state index < -0.39 is 0 Å². The normalized spacial score (nSPS) is 15.1. The second-order valence-electron chi connectivity index (χ2n) is 5.88. The molecule has 1 aromatic rings. The van der Waals surface area contributed by atoms with Crippen molar-refractivity contribution in [2.45, 2.75) is 44.9 Å². The lowest BCUT2D eigenvalue weighted by Gasteiger charge is -2.38. The van der Waals surface area contributed by atoms with Gasteiger partial charge in [-0.15, -0.1) is 0 Å². The van der Waals surface area contributed by atoms with Crippen LogP contribution in [0.5, 0.6) is 5.75 Å². The van der Waals surface area contributed by atoms with E-state index in [1.165, 1.54) is 0 Å². The van der Waals surface area contributed by atoms with Gasteiger partial charge in [0.05, 0.1) is 31.9 Å². The Balaban J connectivity index is 3.20. The number of carbonyl (C=O) groups excluding carboxylic acids is 1. The number of benzene rings is 1. The topological polar surface area (TPSA) is 48.0 Å². The number of hydrogen-bond acceptors (Lipinski definition) is 5. The molecule has 0 aromatic heterocycles. The van der Waals surface area contributed by atoms with Gasteiger partial charge in [0.1, 0.15) is 12.0 Å². The smallest absolute Gasteiger partial charge is 0.137 e. The van der Waals surface area contributed by atoms with Crippen LogP contribution in [0.4, 0.5) is 0 Å². The molecular formula is C19H31NO4. The molecule has 24 heavy (non-hydrogen) atoms. The first-order valence-corrected chi connectivity index (χ1v) is 8.49. The van der Waals surface area contributed by atoms with Crippen molar-refractivity contribution in [1.29, 1.82) is 0 Å². The Hall–Kier alpha value is -1.43. The van der Waals surface area contributed by atoms with E-state index in [9.17, 15) is 4.79 Å². The highest BCUT2D eigenvalue weighted by Gasteiger charge is 2.31. The van der Waals surface area contributed by atoms with Gasteiger partial charge in [-0.25, -0.2) is 0 Å². The Bertz CT molecular complexity index is 463. The lowest BCUT2D eigenvalue weighted by molar-refractivity contribution is -0.115. The molecule has 0 saturated carbocycles. The Labute approximate surface area is 145 Å². The number of rotatable bonds is 12. The third-order valence-electron chi connectivity index (χ3n) is 4.35. The molecule has 0 aliphatic carbocycles. The molecule has 0 spiro atoms. The van der Waals surface area contributed by atoms with Gasteiger partial charge in [-0.05, 0) is 31.0 Å². The van der Waals surface area contributed by atoms with Crippen LogP contribution >= 0.6 is 0 Å². The number of methoxy groups -OCH3 is 3. The van der Waals surface area contributed by atoms with Gasteiger partial charge >= 0.3 is 0 Å². The van der Waals surface area contributed by atoms with Crippen molar-refractivity contribution in [1.82, 2.24) is 4.90 Å². The largest absolute Gasteiger partial charge is 0.497 e. The second-order valence-corrected chi connectivity index (χ2v) is 5.88. The summed E-state index contributed by atoms with van der Waals surface area (Å²) in [5.41, 5.74) is 1.10. The summed E-state index contributed by atoms with van der Waals surface area (Å²) >= 11 is 0. The van der Waals surface area contributed by atoms with Crippen LogP contribution in [0.15, 0.2) is 24.3 Å². The van der Waals surface area contributed by atoms with Crippen molar-refractivity contribution in [3.05, 3.63) is 29.8 Å². The van der Waals surface area contributed by atoms with Crippen molar-refractivity contribution in [3.63, 3.8) is 0 Å². The number of nitrogens with zero attached hydrogens (tertiary/aromatic N) is 1. The third kappa shape index (κ3) is 5.58. The number of ether oxygens (including phenoxy) is 3. The fraction of sp³-hybridized carbons (Fsp3) is 0.632. The molecule has 0 bridgehead atoms. The van der Waals surface area contributed by atoms with Gasteiger partial charge < -0.3 is 19.0 Å². The maximum atomic E-state index is 11.7. The van der Waals surface area contributed by atoms with Gasteiger partial charge in [-0.3, -0.25) is 4.90 Å². The van der Waals surface area contributed by atoms with Gasteiger partial charge in [-0.1, -0.05) is 25.5 Å². The molecule has 0 aliphatic rings. The summed E-state index contributed by atoms with van der Waals surface area (Å²) < 4.78 is 16.1. The maximum absolute atomic E-state index is 11.7. The van der Waals surface area contributed by atoms with Crippen molar-refractivity contribution in [2.75, 3.05) is 34.5 Å². The molecule has 5 heteroatoms. The van der Waals surface area contributed by atoms with Crippen LogP contribution in [0.2, 0.25) is 0 Å². The van der Waals surface area contributed by atoms with E-state index in [2.05, 4.69) is 11.8 Å². The van der Waals surface area contributed by atoms with Gasteiger partial charge in [-0.2, -0.15) is 0 Å². The zero-order chi connectivity index (χ0) is 17.9. The molecule has 0 saturated heterocycles. The minimum absolute atomic E-state index is 0.0298. The summed E-state index contributed by atoms with van der Waals surface area (Å²) in [6.07, 6.45) is 2.74. The van der Waals surface area contributed by atoms with Crippen molar-refractivity contribution in [2.24, 2.45) is 0 Å². The molecule has 0 amide bonds.